The van der Waals surface area contributed by atoms with E-state index in [1.807, 2.05) is 84.9 Å². The van der Waals surface area contributed by atoms with E-state index in [4.69, 9.17) is 20.6 Å². The monoisotopic (exact) mass is 550 g/mol. The number of fused-ring (bicyclic) bond motifs is 2. The zero-order valence-electron chi connectivity index (χ0n) is 24.0. The van der Waals surface area contributed by atoms with Crippen molar-refractivity contribution >= 4 is 45.7 Å². The number of nitrogens with zero attached hydrogens (tertiary/aromatic N) is 4. The zero-order chi connectivity index (χ0) is 29.6. The molecule has 0 unspecified atom stereocenters. The van der Waals surface area contributed by atoms with Gasteiger partial charge in [-0.15, -0.1) is 22.8 Å². The van der Waals surface area contributed by atoms with Crippen molar-refractivity contribution in [3.63, 3.8) is 0 Å². The summed E-state index contributed by atoms with van der Waals surface area (Å²) in [4.78, 5) is 37.5. The standard InChI is InChI=1S/C36H32N4O2/c1-23-33(35(41)27-15-7-5-8-16-27)24(2)38-31-21-13-14-22-32(31)40-26(4)34(36(42)28-17-9-6-10-18-28)25(3)39-30-20-12-11-19-29(30)37-23/h5-22H,1-4H3,(H2,37,38,39,40,41,42)/p-2. The SMILES string of the molecule is CC1=Nc2ccccc2[N-]/C(C)=C(/C(=O)c2ccccc2)C(C)=Nc2ccccc2[N-]/C(C)=C\1C(=O)c1ccccc1. The van der Waals surface area contributed by atoms with Crippen LogP contribution in [0.15, 0.2) is 142 Å². The predicted molar refractivity (Wildman–Crippen MR) is 171 cm³/mol. The number of benzene rings is 4. The lowest BCUT2D eigenvalue weighted by atomic mass is 9.97. The number of hydrogen-bond donors (Lipinski definition) is 0. The van der Waals surface area contributed by atoms with Crippen molar-refractivity contribution in [3.8, 4) is 0 Å². The molecule has 0 bridgehead atoms. The molecule has 0 fully saturated rings. The number of Topliss-reactive ketones (excluding diaryl/α,β-unsaturated/α-hetero) is 2. The van der Waals surface area contributed by atoms with E-state index in [1.165, 1.54) is 0 Å². The maximum atomic E-state index is 13.8. The van der Waals surface area contributed by atoms with Gasteiger partial charge in [0.25, 0.3) is 0 Å². The molecule has 4 aromatic rings. The van der Waals surface area contributed by atoms with Crippen LogP contribution in [0.5, 0.6) is 0 Å². The van der Waals surface area contributed by atoms with Crippen LogP contribution in [-0.2, 0) is 0 Å². The summed E-state index contributed by atoms with van der Waals surface area (Å²) in [7, 11) is 0. The minimum Gasteiger partial charge on any atom is -0.659 e. The highest BCUT2D eigenvalue weighted by Gasteiger charge is 2.18. The molecule has 1 aliphatic heterocycles. The van der Waals surface area contributed by atoms with Gasteiger partial charge in [-0.2, -0.15) is 0 Å². The van der Waals surface area contributed by atoms with E-state index < -0.39 is 0 Å². The van der Waals surface area contributed by atoms with Crippen molar-refractivity contribution in [1.29, 1.82) is 0 Å². The van der Waals surface area contributed by atoms with Crippen molar-refractivity contribution in [2.24, 2.45) is 9.98 Å². The summed E-state index contributed by atoms with van der Waals surface area (Å²) in [6.07, 6.45) is 0. The molecule has 42 heavy (non-hydrogen) atoms. The van der Waals surface area contributed by atoms with Gasteiger partial charge in [0, 0.05) is 45.1 Å². The molecule has 1 aliphatic rings. The lowest BCUT2D eigenvalue weighted by Gasteiger charge is -2.30. The highest BCUT2D eigenvalue weighted by atomic mass is 16.1. The van der Waals surface area contributed by atoms with Crippen molar-refractivity contribution in [2.75, 3.05) is 0 Å². The fourth-order valence-corrected chi connectivity index (χ4v) is 4.90. The number of hydrogen-bond acceptors (Lipinski definition) is 4. The van der Waals surface area contributed by atoms with Gasteiger partial charge in [0.05, 0.1) is 0 Å². The Hall–Kier alpha value is -5.36. The van der Waals surface area contributed by atoms with Crippen LogP contribution in [0.2, 0.25) is 0 Å². The first kappa shape index (κ1) is 28.2. The molecule has 0 spiro atoms. The van der Waals surface area contributed by atoms with Crippen LogP contribution in [0, 0.1) is 0 Å². The first-order valence-electron chi connectivity index (χ1n) is 13.7. The van der Waals surface area contributed by atoms with Crippen molar-refractivity contribution in [3.05, 3.63) is 153 Å². The van der Waals surface area contributed by atoms with E-state index in [0.717, 1.165) is 0 Å². The Morgan fingerprint density at radius 1 is 0.476 bits per heavy atom. The molecule has 5 rings (SSSR count). The van der Waals surface area contributed by atoms with Crippen LogP contribution in [0.3, 0.4) is 0 Å². The number of allylic oxidation sites excluding steroid dienone is 4. The van der Waals surface area contributed by atoms with Gasteiger partial charge in [0.1, 0.15) is 0 Å². The van der Waals surface area contributed by atoms with Gasteiger partial charge >= 0.3 is 0 Å². The van der Waals surface area contributed by atoms with Gasteiger partial charge in [0.2, 0.25) is 0 Å². The maximum Gasteiger partial charge on any atom is 0.193 e. The van der Waals surface area contributed by atoms with Gasteiger partial charge in [0.15, 0.2) is 11.6 Å². The molecule has 0 amide bonds. The predicted octanol–water partition coefficient (Wildman–Crippen LogP) is 9.91. The third-order valence-electron chi connectivity index (χ3n) is 6.89. The van der Waals surface area contributed by atoms with Gasteiger partial charge in [-0.05, 0) is 26.0 Å². The second-order valence-corrected chi connectivity index (χ2v) is 9.91. The Kier molecular flexibility index (Phi) is 8.34. The number of para-hydroxylation sites is 4. The molecule has 1 heterocycles. The summed E-state index contributed by atoms with van der Waals surface area (Å²) in [5.74, 6) is -0.354. The van der Waals surface area contributed by atoms with Gasteiger partial charge in [-0.1, -0.05) is 111 Å². The molecule has 0 radical (unpaired) electrons. The number of ketones is 2. The van der Waals surface area contributed by atoms with Gasteiger partial charge in [-0.25, -0.2) is 0 Å². The highest BCUT2D eigenvalue weighted by Crippen LogP contribution is 2.40. The van der Waals surface area contributed by atoms with E-state index >= 15 is 0 Å². The summed E-state index contributed by atoms with van der Waals surface area (Å²) >= 11 is 0. The Morgan fingerprint density at radius 2 is 0.810 bits per heavy atom. The van der Waals surface area contributed by atoms with Crippen LogP contribution in [0.25, 0.3) is 10.6 Å². The average molecular weight is 551 g/mol. The second-order valence-electron chi connectivity index (χ2n) is 9.91. The first-order chi connectivity index (χ1) is 20.3. The fourth-order valence-electron chi connectivity index (χ4n) is 4.90. The minimum atomic E-state index is -0.177. The first-order valence-corrected chi connectivity index (χ1v) is 13.7. The highest BCUT2D eigenvalue weighted by molar-refractivity contribution is 6.29. The average Bonchev–Trinajstić information content (AvgIpc) is 2.99. The number of carbonyl (C=O) groups excluding carboxylic acids is 2. The quantitative estimate of drug-likeness (QED) is 0.237. The van der Waals surface area contributed by atoms with Crippen LogP contribution in [0.1, 0.15) is 48.4 Å². The van der Waals surface area contributed by atoms with Crippen LogP contribution in [-0.4, -0.2) is 23.0 Å². The largest absolute Gasteiger partial charge is 0.659 e. The lowest BCUT2D eigenvalue weighted by Crippen LogP contribution is -2.14. The van der Waals surface area contributed by atoms with Crippen molar-refractivity contribution in [1.82, 2.24) is 0 Å². The van der Waals surface area contributed by atoms with Gasteiger partial charge in [-0.3, -0.25) is 19.6 Å². The van der Waals surface area contributed by atoms with E-state index in [-0.39, 0.29) is 11.6 Å². The minimum absolute atomic E-state index is 0.177. The smallest absolute Gasteiger partial charge is 0.193 e. The Morgan fingerprint density at radius 3 is 1.19 bits per heavy atom. The van der Waals surface area contributed by atoms with E-state index in [1.54, 1.807) is 52.0 Å². The molecule has 6 nitrogen and oxygen atoms in total. The molecule has 208 valence electrons. The van der Waals surface area contributed by atoms with Crippen molar-refractivity contribution < 1.29 is 9.59 Å². The number of carbonyl (C=O) groups is 2. The summed E-state index contributed by atoms with van der Waals surface area (Å²) in [5.41, 5.74) is 6.17. The Labute approximate surface area is 246 Å². The molecular formula is C36H30N4O2-2. The summed E-state index contributed by atoms with van der Waals surface area (Å²) in [5, 5.41) is 9.78. The molecule has 0 N–H and O–H groups in total. The Bertz CT molecular complexity index is 1650. The molecular weight excluding hydrogens is 520 g/mol. The summed E-state index contributed by atoms with van der Waals surface area (Å²) < 4.78 is 0. The molecule has 6 heteroatoms. The molecule has 4 aromatic carbocycles. The molecule has 0 saturated heterocycles. The third-order valence-corrected chi connectivity index (χ3v) is 6.89. The fraction of sp³-hybridized carbons (Fsp3) is 0.111. The molecule has 0 saturated carbocycles. The van der Waals surface area contributed by atoms with Crippen molar-refractivity contribution in [2.45, 2.75) is 27.7 Å². The third kappa shape index (κ3) is 6.03. The summed E-state index contributed by atoms with van der Waals surface area (Å²) in [6.45, 7) is 7.22. The number of aliphatic imine (C=N–C) groups is 2. The Balaban J connectivity index is 1.75. The van der Waals surface area contributed by atoms with Gasteiger partial charge < -0.3 is 10.6 Å². The van der Waals surface area contributed by atoms with E-state index in [9.17, 15) is 9.59 Å². The normalized spacial score (nSPS) is 17.3. The molecule has 0 atom stereocenters. The topological polar surface area (TPSA) is 87.1 Å². The van der Waals surface area contributed by atoms with Crippen LogP contribution in [0.4, 0.5) is 22.7 Å². The van der Waals surface area contributed by atoms with E-state index in [2.05, 4.69) is 0 Å². The lowest BCUT2D eigenvalue weighted by molar-refractivity contribution is 0.103. The zero-order valence-corrected chi connectivity index (χ0v) is 24.0. The van der Waals surface area contributed by atoms with Crippen LogP contribution >= 0.6 is 0 Å². The molecule has 0 aliphatic carbocycles. The summed E-state index contributed by atoms with van der Waals surface area (Å²) in [6, 6.07) is 33.0. The molecule has 0 aromatic heterocycles. The maximum absolute atomic E-state index is 13.8. The van der Waals surface area contributed by atoms with Crippen LogP contribution < -0.4 is 0 Å². The second kappa shape index (κ2) is 12.4. The number of rotatable bonds is 4. The van der Waals surface area contributed by atoms with E-state index in [0.29, 0.717) is 67.8 Å².